The lowest BCUT2D eigenvalue weighted by Gasteiger charge is -2.32. The number of nitrogens with one attached hydrogen (secondary N) is 1. The molecule has 108 valence electrons. The molecule has 1 aromatic rings. The molecule has 1 saturated carbocycles. The quantitative estimate of drug-likeness (QED) is 0.779. The average molecular weight is 341 g/mol. The van der Waals surface area contributed by atoms with Gasteiger partial charge in [0.1, 0.15) is 0 Å². The number of amides is 2. The first-order valence-electron chi connectivity index (χ1n) is 6.49. The Hall–Kier alpha value is -1.56. The number of carboxylic acid groups (broad SMARTS) is 1. The maximum absolute atomic E-state index is 12.2. The predicted octanol–water partition coefficient (Wildman–Crippen LogP) is 2.17. The fraction of sp³-hybridized carbons (Fsp3) is 0.429. The summed E-state index contributed by atoms with van der Waals surface area (Å²) in [6.45, 7) is 0.619. The molecule has 20 heavy (non-hydrogen) atoms. The topological polar surface area (TPSA) is 69.6 Å². The molecule has 0 saturated heterocycles. The molecule has 0 unspecified atom stereocenters. The number of hydrogen-bond acceptors (Lipinski definition) is 2. The normalized spacial score (nSPS) is 15.4. The number of nitrogens with zero attached hydrogens (tertiary/aromatic N) is 1. The zero-order valence-electron chi connectivity index (χ0n) is 11.0. The van der Waals surface area contributed by atoms with Crippen LogP contribution >= 0.6 is 15.9 Å². The highest BCUT2D eigenvalue weighted by Gasteiger charge is 2.50. The van der Waals surface area contributed by atoms with Gasteiger partial charge in [-0.3, -0.25) is 4.79 Å². The summed E-state index contributed by atoms with van der Waals surface area (Å²) in [5, 5.41) is 11.2. The third-order valence-corrected chi connectivity index (χ3v) is 4.06. The van der Waals surface area contributed by atoms with E-state index in [0.717, 1.165) is 18.4 Å². The van der Waals surface area contributed by atoms with Crippen molar-refractivity contribution in [3.8, 4) is 0 Å². The Morgan fingerprint density at radius 3 is 2.45 bits per heavy atom. The Bertz CT molecular complexity index is 488. The van der Waals surface area contributed by atoms with Gasteiger partial charge in [0.15, 0.2) is 0 Å². The predicted molar refractivity (Wildman–Crippen MR) is 78.9 cm³/mol. The van der Waals surface area contributed by atoms with E-state index >= 15 is 0 Å². The largest absolute Gasteiger partial charge is 0.465 e. The number of carbonyl (C=O) groups excluding carboxylic acids is 1. The smallest absolute Gasteiger partial charge is 0.404 e. The van der Waals surface area contributed by atoms with Crippen LogP contribution in [0.5, 0.6) is 0 Å². The van der Waals surface area contributed by atoms with Crippen molar-refractivity contribution in [1.82, 2.24) is 10.2 Å². The molecule has 5 nitrogen and oxygen atoms in total. The van der Waals surface area contributed by atoms with Gasteiger partial charge in [0.25, 0.3) is 0 Å². The van der Waals surface area contributed by atoms with Gasteiger partial charge in [-0.25, -0.2) is 4.79 Å². The van der Waals surface area contributed by atoms with Crippen LogP contribution in [0.2, 0.25) is 0 Å². The van der Waals surface area contributed by atoms with Crippen LogP contribution in [0.3, 0.4) is 0 Å². The fourth-order valence-electron chi connectivity index (χ4n) is 2.51. The van der Waals surface area contributed by atoms with Gasteiger partial charge < -0.3 is 15.3 Å². The van der Waals surface area contributed by atoms with Crippen molar-refractivity contribution in [2.75, 3.05) is 18.4 Å². The van der Waals surface area contributed by atoms with E-state index in [1.807, 2.05) is 30.3 Å². The fourth-order valence-corrected chi connectivity index (χ4v) is 2.81. The second-order valence-corrected chi connectivity index (χ2v) is 5.37. The Labute approximate surface area is 126 Å². The van der Waals surface area contributed by atoms with Gasteiger partial charge in [-0.2, -0.15) is 0 Å². The summed E-state index contributed by atoms with van der Waals surface area (Å²) in [6.07, 6.45) is 0.770. The van der Waals surface area contributed by atoms with Crippen LogP contribution in [0.4, 0.5) is 4.79 Å². The summed E-state index contributed by atoms with van der Waals surface area (Å²) in [4.78, 5) is 24.5. The number of halogens is 1. The molecule has 0 aromatic heterocycles. The first-order valence-corrected chi connectivity index (χ1v) is 7.61. The minimum absolute atomic E-state index is 0.0152. The molecular formula is C14H17BrN2O3. The minimum Gasteiger partial charge on any atom is -0.465 e. The standard InChI is InChI=1S/C14H17BrN2O3/c15-10-12(18)17(9-8-16-13(19)20)14(6-7-14)11-4-2-1-3-5-11/h1-5,16H,6-10H2,(H,19,20). The molecule has 2 rings (SSSR count). The number of alkyl halides is 1. The molecule has 0 atom stereocenters. The van der Waals surface area contributed by atoms with Gasteiger partial charge in [0, 0.05) is 13.1 Å². The molecule has 0 radical (unpaired) electrons. The van der Waals surface area contributed by atoms with Gasteiger partial charge in [-0.05, 0) is 18.4 Å². The monoisotopic (exact) mass is 340 g/mol. The zero-order chi connectivity index (χ0) is 14.6. The van der Waals surface area contributed by atoms with Crippen LogP contribution in [0, 0.1) is 0 Å². The third kappa shape index (κ3) is 3.12. The summed E-state index contributed by atoms with van der Waals surface area (Å²) in [7, 11) is 0. The van der Waals surface area contributed by atoms with Crippen molar-refractivity contribution in [3.05, 3.63) is 35.9 Å². The van der Waals surface area contributed by atoms with E-state index in [-0.39, 0.29) is 23.3 Å². The molecule has 2 amide bonds. The van der Waals surface area contributed by atoms with Crippen molar-refractivity contribution < 1.29 is 14.7 Å². The number of benzene rings is 1. The van der Waals surface area contributed by atoms with Gasteiger partial charge in [0.2, 0.25) is 5.91 Å². The van der Waals surface area contributed by atoms with E-state index in [0.29, 0.717) is 6.54 Å². The van der Waals surface area contributed by atoms with E-state index in [2.05, 4.69) is 21.2 Å². The average Bonchev–Trinajstić information content (AvgIpc) is 3.25. The Morgan fingerprint density at radius 1 is 1.30 bits per heavy atom. The molecule has 6 heteroatoms. The Kier molecular flexibility index (Phi) is 4.65. The second-order valence-electron chi connectivity index (χ2n) is 4.81. The highest BCUT2D eigenvalue weighted by Crippen LogP contribution is 2.50. The van der Waals surface area contributed by atoms with Gasteiger partial charge in [0.05, 0.1) is 10.9 Å². The van der Waals surface area contributed by atoms with Gasteiger partial charge >= 0.3 is 6.09 Å². The molecule has 1 aromatic carbocycles. The lowest BCUT2D eigenvalue weighted by molar-refractivity contribution is -0.131. The van der Waals surface area contributed by atoms with E-state index in [4.69, 9.17) is 5.11 Å². The summed E-state index contributed by atoms with van der Waals surface area (Å²) < 4.78 is 0. The minimum atomic E-state index is -1.07. The van der Waals surface area contributed by atoms with Crippen molar-refractivity contribution in [2.45, 2.75) is 18.4 Å². The van der Waals surface area contributed by atoms with Crippen LogP contribution in [-0.4, -0.2) is 40.4 Å². The van der Waals surface area contributed by atoms with E-state index < -0.39 is 6.09 Å². The van der Waals surface area contributed by atoms with Crippen LogP contribution < -0.4 is 5.32 Å². The molecule has 1 aliphatic carbocycles. The van der Waals surface area contributed by atoms with Crippen LogP contribution in [0.1, 0.15) is 18.4 Å². The van der Waals surface area contributed by atoms with E-state index in [1.165, 1.54) is 0 Å². The maximum atomic E-state index is 12.2. The third-order valence-electron chi connectivity index (χ3n) is 3.58. The molecule has 0 aliphatic heterocycles. The zero-order valence-corrected chi connectivity index (χ0v) is 12.6. The van der Waals surface area contributed by atoms with Crippen molar-refractivity contribution in [2.24, 2.45) is 0 Å². The van der Waals surface area contributed by atoms with Gasteiger partial charge in [-0.1, -0.05) is 46.3 Å². The van der Waals surface area contributed by atoms with E-state index in [9.17, 15) is 9.59 Å². The Balaban J connectivity index is 2.14. The van der Waals surface area contributed by atoms with E-state index in [1.54, 1.807) is 4.90 Å². The highest BCUT2D eigenvalue weighted by molar-refractivity contribution is 9.09. The first-order chi connectivity index (χ1) is 9.60. The molecule has 1 fully saturated rings. The highest BCUT2D eigenvalue weighted by atomic mass is 79.9. The van der Waals surface area contributed by atoms with Gasteiger partial charge in [-0.15, -0.1) is 0 Å². The first kappa shape index (κ1) is 14.8. The lowest BCUT2D eigenvalue weighted by Crippen LogP contribution is -2.45. The summed E-state index contributed by atoms with van der Waals surface area (Å²) in [5.41, 5.74) is 0.858. The molecule has 0 spiro atoms. The lowest BCUT2D eigenvalue weighted by atomic mass is 10.0. The second kappa shape index (κ2) is 6.26. The van der Waals surface area contributed by atoms with Crippen LogP contribution in [0.15, 0.2) is 30.3 Å². The summed E-state index contributed by atoms with van der Waals surface area (Å²) >= 11 is 3.20. The SMILES string of the molecule is O=C(O)NCCN(C(=O)CBr)C1(c2ccccc2)CC1. The summed E-state index contributed by atoms with van der Waals surface area (Å²) in [6, 6.07) is 9.91. The molecular weight excluding hydrogens is 324 g/mol. The number of carbonyl (C=O) groups is 2. The Morgan fingerprint density at radius 2 is 1.95 bits per heavy atom. The van der Waals surface area contributed by atoms with Crippen LogP contribution in [0.25, 0.3) is 0 Å². The molecule has 1 aliphatic rings. The molecule has 2 N–H and O–H groups in total. The van der Waals surface area contributed by atoms with Crippen molar-refractivity contribution in [3.63, 3.8) is 0 Å². The summed E-state index contributed by atoms with van der Waals surface area (Å²) in [5.74, 6) is -0.0152. The molecule has 0 bridgehead atoms. The number of hydrogen-bond donors (Lipinski definition) is 2. The van der Waals surface area contributed by atoms with Crippen LogP contribution in [-0.2, 0) is 10.3 Å². The maximum Gasteiger partial charge on any atom is 0.404 e. The number of rotatable bonds is 6. The van der Waals surface area contributed by atoms with Crippen molar-refractivity contribution in [1.29, 1.82) is 0 Å². The molecule has 0 heterocycles. The van der Waals surface area contributed by atoms with Crippen molar-refractivity contribution >= 4 is 27.9 Å².